The number of thioether (sulfide) groups is 1. The van der Waals surface area contributed by atoms with Crippen molar-refractivity contribution in [3.63, 3.8) is 0 Å². The van der Waals surface area contributed by atoms with Crippen molar-refractivity contribution in [1.82, 2.24) is 15.2 Å². The summed E-state index contributed by atoms with van der Waals surface area (Å²) in [6.45, 7) is 0. The molecule has 0 atom stereocenters. The van der Waals surface area contributed by atoms with E-state index in [-0.39, 0.29) is 11.7 Å². The highest BCUT2D eigenvalue weighted by Crippen LogP contribution is 2.24. The van der Waals surface area contributed by atoms with Gasteiger partial charge in [-0.25, -0.2) is 0 Å². The van der Waals surface area contributed by atoms with Crippen LogP contribution < -0.4 is 5.32 Å². The second-order valence-electron chi connectivity index (χ2n) is 5.31. The Kier molecular flexibility index (Phi) is 4.22. The lowest BCUT2D eigenvalue weighted by atomic mass is 10.1. The van der Waals surface area contributed by atoms with Crippen molar-refractivity contribution in [2.75, 3.05) is 11.1 Å². The average Bonchev–Trinajstić information content (AvgIpc) is 3.32. The number of furan rings is 1. The molecule has 4 rings (SSSR count). The molecule has 0 radical (unpaired) electrons. The Bertz CT molecular complexity index is 1010. The van der Waals surface area contributed by atoms with Crippen molar-refractivity contribution in [1.29, 1.82) is 0 Å². The van der Waals surface area contributed by atoms with Crippen LogP contribution in [0.1, 0.15) is 0 Å². The van der Waals surface area contributed by atoms with Crippen LogP contribution in [0.15, 0.2) is 70.4 Å². The van der Waals surface area contributed by atoms with Crippen molar-refractivity contribution < 1.29 is 9.21 Å². The number of aromatic amines is 1. The molecule has 2 N–H and O–H groups in total. The zero-order valence-electron chi connectivity index (χ0n) is 13.1. The van der Waals surface area contributed by atoms with Crippen molar-refractivity contribution in [3.05, 3.63) is 60.9 Å². The molecule has 6 nitrogen and oxygen atoms in total. The first-order valence-electron chi connectivity index (χ1n) is 7.66. The summed E-state index contributed by atoms with van der Waals surface area (Å²) in [6.07, 6.45) is 1.57. The second-order valence-corrected chi connectivity index (χ2v) is 6.25. The van der Waals surface area contributed by atoms with E-state index in [2.05, 4.69) is 20.5 Å². The van der Waals surface area contributed by atoms with Crippen LogP contribution in [-0.2, 0) is 4.79 Å². The van der Waals surface area contributed by atoms with E-state index in [4.69, 9.17) is 4.42 Å². The Labute approximate surface area is 147 Å². The molecular weight excluding hydrogens is 336 g/mol. The predicted molar refractivity (Wildman–Crippen MR) is 97.4 cm³/mol. The minimum Gasteiger partial charge on any atom is -0.461 e. The fraction of sp³-hybridized carbons (Fsp3) is 0.0556. The first-order chi connectivity index (χ1) is 12.3. The molecule has 7 heteroatoms. The summed E-state index contributed by atoms with van der Waals surface area (Å²) in [6, 6.07) is 17.4. The molecule has 2 aromatic carbocycles. The van der Waals surface area contributed by atoms with Gasteiger partial charge in [-0.1, -0.05) is 48.2 Å². The number of nitrogens with zero attached hydrogens (tertiary/aromatic N) is 2. The number of hydrogen-bond acceptors (Lipinski definition) is 5. The number of aromatic nitrogens is 3. The Morgan fingerprint density at radius 2 is 2.00 bits per heavy atom. The number of anilines is 1. The first-order valence-corrected chi connectivity index (χ1v) is 8.65. The maximum atomic E-state index is 12.2. The van der Waals surface area contributed by atoms with Gasteiger partial charge in [-0.15, -0.1) is 5.10 Å². The van der Waals surface area contributed by atoms with E-state index in [1.54, 1.807) is 18.4 Å². The predicted octanol–water partition coefficient (Wildman–Crippen LogP) is 3.95. The summed E-state index contributed by atoms with van der Waals surface area (Å²) in [5.74, 6) is 1.27. The van der Waals surface area contributed by atoms with Gasteiger partial charge in [-0.2, -0.15) is 4.98 Å². The largest absolute Gasteiger partial charge is 0.461 e. The van der Waals surface area contributed by atoms with E-state index in [1.165, 1.54) is 11.8 Å². The van der Waals surface area contributed by atoms with Crippen LogP contribution in [0.4, 0.5) is 5.69 Å². The standard InChI is InChI=1S/C18H14N4O2S/c23-16(19-14-8-3-6-12-5-1-2-7-13(12)14)11-25-18-20-17(21-22-18)15-9-4-10-24-15/h1-10H,11H2,(H,19,23)(H,20,21,22). The minimum absolute atomic E-state index is 0.106. The fourth-order valence-corrected chi connectivity index (χ4v) is 3.08. The van der Waals surface area contributed by atoms with E-state index >= 15 is 0 Å². The third-order valence-corrected chi connectivity index (χ3v) is 4.46. The van der Waals surface area contributed by atoms with Gasteiger partial charge in [0, 0.05) is 11.1 Å². The molecule has 0 saturated carbocycles. The van der Waals surface area contributed by atoms with Crippen molar-refractivity contribution in [2.45, 2.75) is 5.16 Å². The molecule has 4 aromatic rings. The van der Waals surface area contributed by atoms with Gasteiger partial charge in [0.1, 0.15) is 0 Å². The Balaban J connectivity index is 1.41. The molecule has 0 saturated heterocycles. The van der Waals surface area contributed by atoms with Crippen LogP contribution in [0.3, 0.4) is 0 Å². The topological polar surface area (TPSA) is 83.8 Å². The zero-order valence-corrected chi connectivity index (χ0v) is 13.9. The third-order valence-electron chi connectivity index (χ3n) is 3.62. The molecule has 2 aromatic heterocycles. The number of amides is 1. The van der Waals surface area contributed by atoms with Gasteiger partial charge in [-0.05, 0) is 23.6 Å². The molecule has 0 bridgehead atoms. The maximum absolute atomic E-state index is 12.2. The van der Waals surface area contributed by atoms with Gasteiger partial charge in [0.05, 0.1) is 12.0 Å². The second kappa shape index (κ2) is 6.82. The van der Waals surface area contributed by atoms with Gasteiger partial charge in [0.25, 0.3) is 0 Å². The monoisotopic (exact) mass is 350 g/mol. The average molecular weight is 350 g/mol. The summed E-state index contributed by atoms with van der Waals surface area (Å²) >= 11 is 1.26. The molecular formula is C18H14N4O2S. The number of fused-ring (bicyclic) bond motifs is 1. The molecule has 0 aliphatic rings. The summed E-state index contributed by atoms with van der Waals surface area (Å²) in [5, 5.41) is 12.4. The van der Waals surface area contributed by atoms with Gasteiger partial charge < -0.3 is 9.73 Å². The van der Waals surface area contributed by atoms with Crippen LogP contribution in [0.25, 0.3) is 22.4 Å². The van der Waals surface area contributed by atoms with E-state index < -0.39 is 0 Å². The minimum atomic E-state index is -0.106. The molecule has 2 heterocycles. The van der Waals surface area contributed by atoms with Crippen molar-refractivity contribution in [3.8, 4) is 11.6 Å². The molecule has 0 fully saturated rings. The van der Waals surface area contributed by atoms with Crippen LogP contribution in [0.2, 0.25) is 0 Å². The van der Waals surface area contributed by atoms with E-state index in [0.717, 1.165) is 16.5 Å². The lowest BCUT2D eigenvalue weighted by Crippen LogP contribution is -2.14. The number of H-pyrrole nitrogens is 1. The van der Waals surface area contributed by atoms with Gasteiger partial charge >= 0.3 is 0 Å². The number of rotatable bonds is 5. The number of hydrogen-bond donors (Lipinski definition) is 2. The lowest BCUT2D eigenvalue weighted by molar-refractivity contribution is -0.113. The third kappa shape index (κ3) is 3.41. The fourth-order valence-electron chi connectivity index (χ4n) is 2.49. The Hall–Kier alpha value is -3.06. The van der Waals surface area contributed by atoms with Crippen LogP contribution >= 0.6 is 11.8 Å². The summed E-state index contributed by atoms with van der Waals surface area (Å²) < 4.78 is 5.26. The molecule has 0 aliphatic heterocycles. The van der Waals surface area contributed by atoms with Crippen LogP contribution in [0.5, 0.6) is 0 Å². The highest BCUT2D eigenvalue weighted by Gasteiger charge is 2.11. The lowest BCUT2D eigenvalue weighted by Gasteiger charge is -2.07. The molecule has 0 unspecified atom stereocenters. The number of carbonyl (C=O) groups is 1. The van der Waals surface area contributed by atoms with E-state index in [9.17, 15) is 4.79 Å². The van der Waals surface area contributed by atoms with Gasteiger partial charge in [0.15, 0.2) is 11.6 Å². The van der Waals surface area contributed by atoms with Crippen LogP contribution in [-0.4, -0.2) is 26.8 Å². The summed E-state index contributed by atoms with van der Waals surface area (Å²) in [4.78, 5) is 16.6. The quantitative estimate of drug-likeness (QED) is 0.533. The highest BCUT2D eigenvalue weighted by atomic mass is 32.2. The van der Waals surface area contributed by atoms with E-state index in [1.807, 2.05) is 42.5 Å². The summed E-state index contributed by atoms with van der Waals surface area (Å²) in [7, 11) is 0. The SMILES string of the molecule is O=C(CSc1n[nH]c(-c2ccco2)n1)Nc1cccc2ccccc12. The molecule has 124 valence electrons. The normalized spacial score (nSPS) is 10.9. The van der Waals surface area contributed by atoms with Crippen molar-refractivity contribution in [2.24, 2.45) is 0 Å². The number of benzene rings is 2. The maximum Gasteiger partial charge on any atom is 0.234 e. The Morgan fingerprint density at radius 1 is 1.12 bits per heavy atom. The van der Waals surface area contributed by atoms with Crippen molar-refractivity contribution >= 4 is 34.1 Å². The summed E-state index contributed by atoms with van der Waals surface area (Å²) in [5.41, 5.74) is 0.801. The van der Waals surface area contributed by atoms with Crippen LogP contribution in [0, 0.1) is 0 Å². The van der Waals surface area contributed by atoms with E-state index in [0.29, 0.717) is 16.7 Å². The molecule has 25 heavy (non-hydrogen) atoms. The number of carbonyl (C=O) groups excluding carboxylic acids is 1. The smallest absolute Gasteiger partial charge is 0.234 e. The van der Waals surface area contributed by atoms with Gasteiger partial charge in [-0.3, -0.25) is 9.89 Å². The molecule has 0 aliphatic carbocycles. The number of nitrogens with one attached hydrogen (secondary N) is 2. The molecule has 0 spiro atoms. The zero-order chi connectivity index (χ0) is 17.1. The molecule has 1 amide bonds. The van der Waals surface area contributed by atoms with Gasteiger partial charge in [0.2, 0.25) is 11.1 Å². The highest BCUT2D eigenvalue weighted by molar-refractivity contribution is 7.99. The first kappa shape index (κ1) is 15.5. The Morgan fingerprint density at radius 3 is 2.88 bits per heavy atom.